The highest BCUT2D eigenvalue weighted by Crippen LogP contribution is 2.36. The van der Waals surface area contributed by atoms with E-state index in [9.17, 15) is 4.79 Å². The summed E-state index contributed by atoms with van der Waals surface area (Å²) in [4.78, 5) is 10.9. The van der Waals surface area contributed by atoms with Crippen LogP contribution in [0.1, 0.15) is 18.1 Å². The summed E-state index contributed by atoms with van der Waals surface area (Å²) in [7, 11) is 0. The zero-order chi connectivity index (χ0) is 11.8. The first-order valence-electron chi connectivity index (χ1n) is 5.62. The van der Waals surface area contributed by atoms with Crippen LogP contribution in [0.5, 0.6) is 0 Å². The van der Waals surface area contributed by atoms with E-state index in [1.165, 1.54) is 28.8 Å². The molecule has 0 amide bonds. The van der Waals surface area contributed by atoms with Gasteiger partial charge in [-0.05, 0) is 33.5 Å². The first-order chi connectivity index (χ1) is 8.25. The number of carbonyl (C=O) groups is 1. The van der Waals surface area contributed by atoms with Crippen molar-refractivity contribution in [3.8, 4) is 0 Å². The Labute approximate surface area is 99.5 Å². The molecule has 0 N–H and O–H groups in total. The second kappa shape index (κ2) is 3.74. The molecular formula is C15H12O2. The summed E-state index contributed by atoms with van der Waals surface area (Å²) in [6.45, 7) is 1.78. The second-order valence-electron chi connectivity index (χ2n) is 4.20. The highest BCUT2D eigenvalue weighted by Gasteiger charge is 2.16. The molecule has 0 unspecified atom stereocenters. The van der Waals surface area contributed by atoms with Crippen molar-refractivity contribution in [3.05, 3.63) is 47.5 Å². The van der Waals surface area contributed by atoms with Crippen LogP contribution in [0.4, 0.5) is 0 Å². The van der Waals surface area contributed by atoms with Gasteiger partial charge < -0.3 is 4.74 Å². The zero-order valence-electron chi connectivity index (χ0n) is 9.57. The summed E-state index contributed by atoms with van der Waals surface area (Å²) in [6.07, 6.45) is 2.10. The van der Waals surface area contributed by atoms with Gasteiger partial charge in [0.15, 0.2) is 0 Å². The lowest BCUT2D eigenvalue weighted by atomic mass is 10.0. The molecule has 0 radical (unpaired) electrons. The summed E-state index contributed by atoms with van der Waals surface area (Å²) >= 11 is 0. The van der Waals surface area contributed by atoms with Crippen molar-refractivity contribution in [2.45, 2.75) is 6.92 Å². The van der Waals surface area contributed by atoms with Crippen LogP contribution in [-0.4, -0.2) is 12.6 Å². The van der Waals surface area contributed by atoms with Gasteiger partial charge in [-0.15, -0.1) is 0 Å². The normalized spacial score (nSPS) is 12.6. The van der Waals surface area contributed by atoms with Gasteiger partial charge in [-0.2, -0.15) is 0 Å². The van der Waals surface area contributed by atoms with E-state index in [2.05, 4.69) is 30.3 Å². The van der Waals surface area contributed by atoms with E-state index in [0.717, 1.165) is 5.57 Å². The molecule has 0 saturated carbocycles. The molecule has 2 aromatic carbocycles. The van der Waals surface area contributed by atoms with Gasteiger partial charge in [0, 0.05) is 6.92 Å². The Kier molecular flexibility index (Phi) is 2.22. The Bertz CT molecular complexity index is 633. The number of hydrogen-bond donors (Lipinski definition) is 0. The molecule has 0 aliphatic heterocycles. The lowest BCUT2D eigenvalue weighted by Crippen LogP contribution is -2.01. The van der Waals surface area contributed by atoms with E-state index in [-0.39, 0.29) is 5.97 Å². The predicted octanol–water partition coefficient (Wildman–Crippen LogP) is 3.26. The molecule has 1 aliphatic rings. The maximum Gasteiger partial charge on any atom is 0.302 e. The molecule has 17 heavy (non-hydrogen) atoms. The summed E-state index contributed by atoms with van der Waals surface area (Å²) in [5, 5.41) is 2.49. The number of benzene rings is 2. The average Bonchev–Trinajstić information content (AvgIpc) is 2.68. The molecule has 1 aliphatic carbocycles. The average molecular weight is 224 g/mol. The van der Waals surface area contributed by atoms with Crippen LogP contribution in [0.3, 0.4) is 0 Å². The molecule has 0 heterocycles. The molecular weight excluding hydrogens is 212 g/mol. The van der Waals surface area contributed by atoms with Crippen LogP contribution < -0.4 is 0 Å². The number of carbonyl (C=O) groups excluding carboxylic acids is 1. The maximum atomic E-state index is 10.9. The number of rotatable bonds is 2. The Morgan fingerprint density at radius 3 is 2.71 bits per heavy atom. The summed E-state index contributed by atoms with van der Waals surface area (Å²) in [6, 6.07) is 12.5. The molecule has 0 aromatic heterocycles. The Hall–Kier alpha value is -2.09. The van der Waals surface area contributed by atoms with Crippen molar-refractivity contribution in [2.75, 3.05) is 6.61 Å². The van der Waals surface area contributed by atoms with Crippen molar-refractivity contribution in [1.82, 2.24) is 0 Å². The largest absolute Gasteiger partial charge is 0.461 e. The minimum atomic E-state index is -0.242. The lowest BCUT2D eigenvalue weighted by molar-refractivity contribution is -0.139. The molecule has 0 saturated heterocycles. The first-order valence-corrected chi connectivity index (χ1v) is 5.62. The van der Waals surface area contributed by atoms with E-state index in [1.807, 2.05) is 12.1 Å². The van der Waals surface area contributed by atoms with Gasteiger partial charge >= 0.3 is 5.97 Å². The zero-order valence-corrected chi connectivity index (χ0v) is 9.57. The van der Waals surface area contributed by atoms with Gasteiger partial charge in [-0.25, -0.2) is 0 Å². The summed E-state index contributed by atoms with van der Waals surface area (Å²) < 4.78 is 5.08. The third-order valence-corrected chi connectivity index (χ3v) is 3.04. The van der Waals surface area contributed by atoms with Crippen LogP contribution in [0, 0.1) is 0 Å². The fourth-order valence-corrected chi connectivity index (χ4v) is 2.32. The van der Waals surface area contributed by atoms with Crippen molar-refractivity contribution in [3.63, 3.8) is 0 Å². The summed E-state index contributed by atoms with van der Waals surface area (Å²) in [5.41, 5.74) is 3.46. The van der Waals surface area contributed by atoms with Gasteiger partial charge in [0.05, 0.1) is 0 Å². The molecule has 2 nitrogen and oxygen atoms in total. The van der Waals surface area contributed by atoms with Crippen LogP contribution in [0.25, 0.3) is 22.4 Å². The van der Waals surface area contributed by atoms with Crippen molar-refractivity contribution in [2.24, 2.45) is 0 Å². The third kappa shape index (κ3) is 1.62. The molecule has 0 atom stereocenters. The van der Waals surface area contributed by atoms with Crippen LogP contribution in [-0.2, 0) is 9.53 Å². The van der Waals surface area contributed by atoms with Crippen molar-refractivity contribution in [1.29, 1.82) is 0 Å². The van der Waals surface area contributed by atoms with E-state index >= 15 is 0 Å². The SMILES string of the molecule is CC(=O)OCC1=Cc2cccc3cccc1c23. The second-order valence-corrected chi connectivity index (χ2v) is 4.20. The van der Waals surface area contributed by atoms with Crippen molar-refractivity contribution >= 4 is 28.4 Å². The number of hydrogen-bond acceptors (Lipinski definition) is 2. The topological polar surface area (TPSA) is 26.3 Å². The molecule has 0 spiro atoms. The van der Waals surface area contributed by atoms with Gasteiger partial charge in [0.1, 0.15) is 6.61 Å². The standard InChI is InChI=1S/C15H12O2/c1-10(16)17-9-13-8-12-6-2-4-11-5-3-7-14(13)15(11)12/h2-8H,9H2,1H3. The fraction of sp³-hybridized carbons (Fsp3) is 0.133. The van der Waals surface area contributed by atoms with Gasteiger partial charge in [0.2, 0.25) is 0 Å². The van der Waals surface area contributed by atoms with E-state index in [1.54, 1.807) is 0 Å². The monoisotopic (exact) mass is 224 g/mol. The maximum absolute atomic E-state index is 10.9. The molecule has 0 fully saturated rings. The lowest BCUT2D eigenvalue weighted by Gasteiger charge is -2.05. The Morgan fingerprint density at radius 1 is 1.18 bits per heavy atom. The number of esters is 1. The number of ether oxygens (including phenoxy) is 1. The molecule has 84 valence electrons. The Morgan fingerprint density at radius 2 is 1.94 bits per heavy atom. The quantitative estimate of drug-likeness (QED) is 0.732. The molecule has 0 bridgehead atoms. The van der Waals surface area contributed by atoms with Gasteiger partial charge in [0.25, 0.3) is 0 Å². The van der Waals surface area contributed by atoms with Crippen LogP contribution >= 0.6 is 0 Å². The summed E-state index contributed by atoms with van der Waals surface area (Å²) in [5.74, 6) is -0.242. The first kappa shape index (κ1) is 10.1. The van der Waals surface area contributed by atoms with Crippen LogP contribution in [0.15, 0.2) is 36.4 Å². The Balaban J connectivity index is 2.08. The van der Waals surface area contributed by atoms with Gasteiger partial charge in [-0.1, -0.05) is 36.4 Å². The van der Waals surface area contributed by atoms with E-state index < -0.39 is 0 Å². The predicted molar refractivity (Wildman–Crippen MR) is 68.5 cm³/mol. The highest BCUT2D eigenvalue weighted by atomic mass is 16.5. The minimum Gasteiger partial charge on any atom is -0.461 e. The van der Waals surface area contributed by atoms with Gasteiger partial charge in [-0.3, -0.25) is 4.79 Å². The molecule has 2 aromatic rings. The van der Waals surface area contributed by atoms with Crippen LogP contribution in [0.2, 0.25) is 0 Å². The van der Waals surface area contributed by atoms with Crippen molar-refractivity contribution < 1.29 is 9.53 Å². The molecule has 2 heteroatoms. The smallest absolute Gasteiger partial charge is 0.302 e. The van der Waals surface area contributed by atoms with E-state index in [4.69, 9.17) is 4.74 Å². The van der Waals surface area contributed by atoms with E-state index in [0.29, 0.717) is 6.61 Å². The molecule has 3 rings (SSSR count). The minimum absolute atomic E-state index is 0.242. The highest BCUT2D eigenvalue weighted by molar-refractivity contribution is 6.09. The third-order valence-electron chi connectivity index (χ3n) is 3.04. The fourth-order valence-electron chi connectivity index (χ4n) is 2.32.